The van der Waals surface area contributed by atoms with Crippen molar-refractivity contribution in [2.24, 2.45) is 0 Å². The summed E-state index contributed by atoms with van der Waals surface area (Å²) < 4.78 is 46.2. The monoisotopic (exact) mass is 428 g/mol. The second kappa shape index (κ2) is 8.51. The molecule has 0 saturated carbocycles. The van der Waals surface area contributed by atoms with Gasteiger partial charge in [-0.3, -0.25) is 9.69 Å². The summed E-state index contributed by atoms with van der Waals surface area (Å²) in [6, 6.07) is 18.1. The zero-order valence-corrected chi connectivity index (χ0v) is 17.0. The second-order valence-corrected chi connectivity index (χ2v) is 8.99. The van der Waals surface area contributed by atoms with E-state index < -0.39 is 22.1 Å². The van der Waals surface area contributed by atoms with Gasteiger partial charge in [0.15, 0.2) is 6.29 Å². The molecule has 1 aliphatic rings. The van der Waals surface area contributed by atoms with E-state index in [0.717, 1.165) is 10.8 Å². The van der Waals surface area contributed by atoms with E-state index in [1.807, 2.05) is 24.3 Å². The molecule has 4 rings (SSSR count). The van der Waals surface area contributed by atoms with Gasteiger partial charge in [0.25, 0.3) is 0 Å². The summed E-state index contributed by atoms with van der Waals surface area (Å²) in [5.41, 5.74) is 0. The number of sulfonamides is 1. The molecule has 30 heavy (non-hydrogen) atoms. The van der Waals surface area contributed by atoms with Crippen molar-refractivity contribution in [2.75, 3.05) is 26.2 Å². The van der Waals surface area contributed by atoms with Crippen LogP contribution in [0, 0.1) is 5.82 Å². The zero-order valence-electron chi connectivity index (χ0n) is 16.1. The number of halogens is 1. The number of ether oxygens (including phenoxy) is 1. The molecule has 0 bridgehead atoms. The third kappa shape index (κ3) is 4.21. The van der Waals surface area contributed by atoms with E-state index in [1.165, 1.54) is 28.6 Å². The Morgan fingerprint density at radius 1 is 0.900 bits per heavy atom. The number of benzene rings is 3. The van der Waals surface area contributed by atoms with Gasteiger partial charge in [-0.1, -0.05) is 30.3 Å². The summed E-state index contributed by atoms with van der Waals surface area (Å²) >= 11 is 0. The number of hydrogen-bond donors (Lipinski definition) is 0. The molecule has 6 nitrogen and oxygen atoms in total. The molecular formula is C22H21FN2O4S. The standard InChI is InChI=1S/C22H21FN2O4S/c23-19-6-8-20(9-7-19)29-22(16-26)24-11-13-25(14-12-24)30(27,28)21-10-5-17-3-1-2-4-18(17)15-21/h1-10,15-16,22H,11-14H2. The van der Waals surface area contributed by atoms with Crippen molar-refractivity contribution < 1.29 is 22.3 Å². The van der Waals surface area contributed by atoms with Crippen molar-refractivity contribution in [3.63, 3.8) is 0 Å². The molecule has 8 heteroatoms. The first-order chi connectivity index (χ1) is 14.5. The first-order valence-electron chi connectivity index (χ1n) is 9.58. The number of aldehydes is 1. The Kier molecular flexibility index (Phi) is 5.80. The van der Waals surface area contributed by atoms with Crippen molar-refractivity contribution in [2.45, 2.75) is 11.1 Å². The topological polar surface area (TPSA) is 66.9 Å². The predicted molar refractivity (Wildman–Crippen MR) is 111 cm³/mol. The predicted octanol–water partition coefficient (Wildman–Crippen LogP) is 2.89. The highest BCUT2D eigenvalue weighted by Gasteiger charge is 2.31. The van der Waals surface area contributed by atoms with E-state index >= 15 is 0 Å². The third-order valence-electron chi connectivity index (χ3n) is 5.18. The Labute approximate surface area is 174 Å². The van der Waals surface area contributed by atoms with E-state index in [0.29, 0.717) is 25.1 Å². The second-order valence-electron chi connectivity index (χ2n) is 7.05. The Morgan fingerprint density at radius 2 is 1.57 bits per heavy atom. The van der Waals surface area contributed by atoms with E-state index in [9.17, 15) is 17.6 Å². The zero-order chi connectivity index (χ0) is 21.1. The molecule has 1 aliphatic heterocycles. The van der Waals surface area contributed by atoms with Crippen LogP contribution in [0.5, 0.6) is 5.75 Å². The highest BCUT2D eigenvalue weighted by molar-refractivity contribution is 7.89. The summed E-state index contributed by atoms with van der Waals surface area (Å²) in [6.45, 7) is 1.17. The highest BCUT2D eigenvalue weighted by Crippen LogP contribution is 2.23. The minimum atomic E-state index is -3.64. The lowest BCUT2D eigenvalue weighted by Crippen LogP contribution is -2.53. The Bertz CT molecular complexity index is 1140. The van der Waals surface area contributed by atoms with Gasteiger partial charge in [0.2, 0.25) is 16.3 Å². The average molecular weight is 428 g/mol. The fourth-order valence-electron chi connectivity index (χ4n) is 3.52. The quantitative estimate of drug-likeness (QED) is 0.565. The Balaban J connectivity index is 1.44. The van der Waals surface area contributed by atoms with Crippen LogP contribution in [0.25, 0.3) is 10.8 Å². The van der Waals surface area contributed by atoms with Gasteiger partial charge in [0.05, 0.1) is 4.90 Å². The molecule has 1 saturated heterocycles. The molecule has 0 aliphatic carbocycles. The molecule has 0 amide bonds. The Morgan fingerprint density at radius 3 is 2.23 bits per heavy atom. The molecule has 0 aromatic heterocycles. The molecule has 3 aromatic carbocycles. The van der Waals surface area contributed by atoms with Crippen molar-refractivity contribution in [3.8, 4) is 5.75 Å². The summed E-state index contributed by atoms with van der Waals surface area (Å²) in [5, 5.41) is 1.85. The van der Waals surface area contributed by atoms with Crippen LogP contribution in [0.15, 0.2) is 71.6 Å². The van der Waals surface area contributed by atoms with Crippen LogP contribution in [-0.2, 0) is 14.8 Å². The molecule has 0 N–H and O–H groups in total. The molecule has 3 aromatic rings. The maximum atomic E-state index is 13.1. The lowest BCUT2D eigenvalue weighted by molar-refractivity contribution is -0.122. The van der Waals surface area contributed by atoms with Crippen molar-refractivity contribution in [1.82, 2.24) is 9.21 Å². The van der Waals surface area contributed by atoms with Gasteiger partial charge in [0, 0.05) is 26.2 Å². The van der Waals surface area contributed by atoms with Crippen LogP contribution in [0.4, 0.5) is 4.39 Å². The van der Waals surface area contributed by atoms with Crippen molar-refractivity contribution >= 4 is 27.1 Å². The van der Waals surface area contributed by atoms with Gasteiger partial charge in [-0.15, -0.1) is 0 Å². The number of hydrogen-bond acceptors (Lipinski definition) is 5. The van der Waals surface area contributed by atoms with Gasteiger partial charge in [-0.05, 0) is 47.2 Å². The molecule has 0 spiro atoms. The summed E-state index contributed by atoms with van der Waals surface area (Å²) in [4.78, 5) is 13.5. The summed E-state index contributed by atoms with van der Waals surface area (Å²) in [5.74, 6) is -0.0165. The number of piperazine rings is 1. The fraction of sp³-hybridized carbons (Fsp3) is 0.227. The smallest absolute Gasteiger partial charge is 0.243 e. The van der Waals surface area contributed by atoms with Crippen LogP contribution in [0.1, 0.15) is 0 Å². The minimum Gasteiger partial charge on any atom is -0.468 e. The number of fused-ring (bicyclic) bond motifs is 1. The van der Waals surface area contributed by atoms with Gasteiger partial charge >= 0.3 is 0 Å². The van der Waals surface area contributed by atoms with Crippen LogP contribution in [0.2, 0.25) is 0 Å². The lowest BCUT2D eigenvalue weighted by atomic mass is 10.1. The largest absolute Gasteiger partial charge is 0.468 e. The molecule has 156 valence electrons. The van der Waals surface area contributed by atoms with Crippen molar-refractivity contribution in [3.05, 3.63) is 72.5 Å². The van der Waals surface area contributed by atoms with E-state index in [4.69, 9.17) is 4.74 Å². The minimum absolute atomic E-state index is 0.242. The van der Waals surface area contributed by atoms with Crippen molar-refractivity contribution in [1.29, 1.82) is 0 Å². The fourth-order valence-corrected chi connectivity index (χ4v) is 4.97. The molecule has 1 unspecified atom stereocenters. The number of nitrogens with zero attached hydrogens (tertiary/aromatic N) is 2. The molecular weight excluding hydrogens is 407 g/mol. The average Bonchev–Trinajstić information content (AvgIpc) is 2.78. The molecule has 1 fully saturated rings. The molecule has 1 atom stereocenters. The van der Waals surface area contributed by atoms with Crippen LogP contribution in [0.3, 0.4) is 0 Å². The van der Waals surface area contributed by atoms with Gasteiger partial charge < -0.3 is 4.74 Å². The maximum Gasteiger partial charge on any atom is 0.243 e. The maximum absolute atomic E-state index is 13.1. The molecule has 0 radical (unpaired) electrons. The number of rotatable bonds is 6. The van der Waals surface area contributed by atoms with Gasteiger partial charge in [-0.25, -0.2) is 12.8 Å². The van der Waals surface area contributed by atoms with E-state index in [1.54, 1.807) is 23.1 Å². The lowest BCUT2D eigenvalue weighted by Gasteiger charge is -2.36. The number of carbonyl (C=O) groups excluding carboxylic acids is 1. The Hall–Kier alpha value is -2.81. The van der Waals surface area contributed by atoms with Crippen LogP contribution in [-0.4, -0.2) is 56.3 Å². The van der Waals surface area contributed by atoms with Gasteiger partial charge in [-0.2, -0.15) is 4.31 Å². The summed E-state index contributed by atoms with van der Waals surface area (Å²) in [7, 11) is -3.64. The highest BCUT2D eigenvalue weighted by atomic mass is 32.2. The van der Waals surface area contributed by atoms with Gasteiger partial charge in [0.1, 0.15) is 11.6 Å². The van der Waals surface area contributed by atoms with E-state index in [-0.39, 0.29) is 18.0 Å². The third-order valence-corrected chi connectivity index (χ3v) is 7.07. The number of carbonyl (C=O) groups is 1. The van der Waals surface area contributed by atoms with E-state index in [2.05, 4.69) is 0 Å². The first-order valence-corrected chi connectivity index (χ1v) is 11.0. The van der Waals surface area contributed by atoms with Crippen LogP contribution >= 0.6 is 0 Å². The molecule has 1 heterocycles. The first kappa shape index (κ1) is 20.5. The SMILES string of the molecule is O=CC(Oc1ccc(F)cc1)N1CCN(S(=O)(=O)c2ccc3ccccc3c2)CC1. The normalized spacial score (nSPS) is 17.0. The summed E-state index contributed by atoms with van der Waals surface area (Å²) in [6.07, 6.45) is -0.197. The van der Waals surface area contributed by atoms with Crippen LogP contribution < -0.4 is 4.74 Å².